The van der Waals surface area contributed by atoms with Crippen molar-refractivity contribution in [1.82, 2.24) is 0 Å². The lowest BCUT2D eigenvalue weighted by molar-refractivity contribution is -0.0437. The van der Waals surface area contributed by atoms with Crippen LogP contribution < -0.4 is 5.32 Å². The van der Waals surface area contributed by atoms with Crippen LogP contribution in [-0.4, -0.2) is 19.8 Å². The Balaban J connectivity index is 2.24. The maximum absolute atomic E-state index is 13.6. The summed E-state index contributed by atoms with van der Waals surface area (Å²) in [5, 5.41) is 2.44. The minimum atomic E-state index is -5.91. The lowest BCUT2D eigenvalue weighted by Crippen LogP contribution is -2.25. The van der Waals surface area contributed by atoms with Crippen molar-refractivity contribution < 1.29 is 30.8 Å². The molecular weight excluding hydrogens is 386 g/mol. The molecule has 27 heavy (non-hydrogen) atoms. The van der Waals surface area contributed by atoms with Gasteiger partial charge in [-0.15, -0.1) is 0 Å². The van der Waals surface area contributed by atoms with Crippen molar-refractivity contribution in [3.8, 4) is 0 Å². The van der Waals surface area contributed by atoms with Gasteiger partial charge in [0.25, 0.3) is 15.7 Å². The number of hydrogen-bond acceptors (Lipinski definition) is 3. The van der Waals surface area contributed by atoms with Crippen LogP contribution in [0.2, 0.25) is 0 Å². The molecular formula is C18H17F4NO3S. The molecule has 4 nitrogen and oxygen atoms in total. The first-order chi connectivity index (χ1) is 12.6. The predicted octanol–water partition coefficient (Wildman–Crippen LogP) is 4.71. The largest absolute Gasteiger partial charge is 0.502 e. The molecule has 9 heteroatoms. The first-order valence-electron chi connectivity index (χ1n) is 8.07. The summed E-state index contributed by atoms with van der Waals surface area (Å²) in [4.78, 5) is 10.6. The number of benzene rings is 2. The van der Waals surface area contributed by atoms with E-state index in [9.17, 15) is 30.8 Å². The number of alkyl halides is 3. The van der Waals surface area contributed by atoms with Crippen molar-refractivity contribution in [1.29, 1.82) is 0 Å². The van der Waals surface area contributed by atoms with Gasteiger partial charge in [0.15, 0.2) is 0 Å². The van der Waals surface area contributed by atoms with Crippen LogP contribution in [0.15, 0.2) is 47.4 Å². The second-order valence-electron chi connectivity index (χ2n) is 5.85. The number of hydrogen-bond donors (Lipinski definition) is 1. The average molecular weight is 403 g/mol. The predicted molar refractivity (Wildman–Crippen MR) is 92.6 cm³/mol. The Morgan fingerprint density at radius 2 is 1.70 bits per heavy atom. The molecule has 0 spiro atoms. The normalized spacial score (nSPS) is 12.0. The minimum Gasteiger partial charge on any atom is -0.322 e. The van der Waals surface area contributed by atoms with Gasteiger partial charge in [0.1, 0.15) is 10.7 Å². The molecule has 2 rings (SSSR count). The quantitative estimate of drug-likeness (QED) is 0.711. The summed E-state index contributed by atoms with van der Waals surface area (Å²) >= 11 is 0. The molecule has 0 heterocycles. The van der Waals surface area contributed by atoms with E-state index in [-0.39, 0.29) is 0 Å². The van der Waals surface area contributed by atoms with Gasteiger partial charge < -0.3 is 5.32 Å². The zero-order chi connectivity index (χ0) is 20.2. The molecule has 1 amide bonds. The highest BCUT2D eigenvalue weighted by Crippen LogP contribution is 2.32. The third kappa shape index (κ3) is 4.85. The highest BCUT2D eigenvalue weighted by Gasteiger charge is 2.48. The van der Waals surface area contributed by atoms with Crippen molar-refractivity contribution in [2.45, 2.75) is 36.6 Å². The molecule has 2 aromatic rings. The Kier molecular flexibility index (Phi) is 6.25. The first-order valence-corrected chi connectivity index (χ1v) is 9.55. The fourth-order valence-electron chi connectivity index (χ4n) is 2.31. The topological polar surface area (TPSA) is 63.2 Å². The number of rotatable bonds is 6. The number of carbonyl (C=O) groups is 1. The summed E-state index contributed by atoms with van der Waals surface area (Å²) in [5.74, 6) is -2.43. The number of halogens is 4. The molecule has 0 aliphatic carbocycles. The van der Waals surface area contributed by atoms with Crippen LogP contribution in [0.4, 0.5) is 23.2 Å². The monoisotopic (exact) mass is 403 g/mol. The van der Waals surface area contributed by atoms with Crippen LogP contribution in [0.25, 0.3) is 0 Å². The van der Waals surface area contributed by atoms with E-state index in [0.717, 1.165) is 30.9 Å². The van der Waals surface area contributed by atoms with E-state index in [2.05, 4.69) is 12.2 Å². The number of unbranched alkanes of at least 4 members (excludes halogenated alkanes) is 1. The van der Waals surface area contributed by atoms with E-state index in [4.69, 9.17) is 0 Å². The van der Waals surface area contributed by atoms with Gasteiger partial charge in [0.2, 0.25) is 0 Å². The van der Waals surface area contributed by atoms with E-state index < -0.39 is 37.5 Å². The Morgan fingerprint density at radius 3 is 2.26 bits per heavy atom. The molecule has 0 aliphatic rings. The van der Waals surface area contributed by atoms with Crippen molar-refractivity contribution in [3.05, 3.63) is 59.4 Å². The van der Waals surface area contributed by atoms with E-state index >= 15 is 0 Å². The number of nitrogens with one attached hydrogen (secondary N) is 1. The minimum absolute atomic E-state index is 0.378. The molecule has 0 radical (unpaired) electrons. The molecule has 0 bridgehead atoms. The van der Waals surface area contributed by atoms with Crippen molar-refractivity contribution in [2.24, 2.45) is 0 Å². The van der Waals surface area contributed by atoms with Gasteiger partial charge in [-0.2, -0.15) is 13.2 Å². The molecule has 0 saturated carbocycles. The maximum Gasteiger partial charge on any atom is 0.502 e. The molecule has 0 atom stereocenters. The van der Waals surface area contributed by atoms with Crippen molar-refractivity contribution >= 4 is 21.4 Å². The Hall–Kier alpha value is -2.42. The fourth-order valence-corrected chi connectivity index (χ4v) is 3.17. The molecule has 0 unspecified atom stereocenters. The lowest BCUT2D eigenvalue weighted by atomic mass is 10.1. The van der Waals surface area contributed by atoms with Crippen LogP contribution in [-0.2, 0) is 16.3 Å². The molecule has 146 valence electrons. The summed E-state index contributed by atoms with van der Waals surface area (Å²) in [7, 11) is -5.91. The number of aryl methyl sites for hydroxylation is 1. The van der Waals surface area contributed by atoms with Crippen LogP contribution in [0.1, 0.15) is 35.7 Å². The number of anilines is 1. The number of carbonyl (C=O) groups excluding carboxylic acids is 1. The molecule has 2 aromatic carbocycles. The summed E-state index contributed by atoms with van der Waals surface area (Å²) in [5.41, 5.74) is -4.63. The molecule has 0 aliphatic heterocycles. The van der Waals surface area contributed by atoms with Gasteiger partial charge in [-0.05, 0) is 48.7 Å². The summed E-state index contributed by atoms with van der Waals surface area (Å²) in [6.07, 6.45) is 2.92. The maximum atomic E-state index is 13.6. The van der Waals surface area contributed by atoms with Crippen molar-refractivity contribution in [2.75, 3.05) is 5.32 Å². The summed E-state index contributed by atoms with van der Waals surface area (Å²) < 4.78 is 74.4. The SMILES string of the molecule is CCCCc1ccc(NC(=O)c2ccc(F)c(S(=O)(=O)C(F)(F)F)c2)cc1. The Morgan fingerprint density at radius 1 is 1.07 bits per heavy atom. The van der Waals surface area contributed by atoms with E-state index in [1.54, 1.807) is 24.3 Å². The highest BCUT2D eigenvalue weighted by atomic mass is 32.2. The highest BCUT2D eigenvalue weighted by molar-refractivity contribution is 7.92. The second-order valence-corrected chi connectivity index (χ2v) is 7.76. The van der Waals surface area contributed by atoms with E-state index in [1.807, 2.05) is 0 Å². The van der Waals surface area contributed by atoms with Crippen molar-refractivity contribution in [3.63, 3.8) is 0 Å². The van der Waals surface area contributed by atoms with Gasteiger partial charge in [-0.1, -0.05) is 25.5 Å². The summed E-state index contributed by atoms with van der Waals surface area (Å²) in [6, 6.07) is 8.66. The third-order valence-electron chi connectivity index (χ3n) is 3.82. The van der Waals surface area contributed by atoms with Gasteiger partial charge in [0.05, 0.1) is 0 Å². The fraction of sp³-hybridized carbons (Fsp3) is 0.278. The van der Waals surface area contributed by atoms with Crippen LogP contribution in [0.5, 0.6) is 0 Å². The zero-order valence-electron chi connectivity index (χ0n) is 14.3. The Bertz CT molecular complexity index is 923. The van der Waals surface area contributed by atoms with Gasteiger partial charge in [-0.25, -0.2) is 12.8 Å². The van der Waals surface area contributed by atoms with Crippen LogP contribution >= 0.6 is 0 Å². The van der Waals surface area contributed by atoms with Gasteiger partial charge >= 0.3 is 5.51 Å². The van der Waals surface area contributed by atoms with Gasteiger partial charge in [-0.3, -0.25) is 4.79 Å². The second kappa shape index (κ2) is 8.08. The smallest absolute Gasteiger partial charge is 0.322 e. The van der Waals surface area contributed by atoms with Crippen LogP contribution in [0, 0.1) is 5.82 Å². The Labute approximate surface area is 154 Å². The molecule has 0 saturated heterocycles. The van der Waals surface area contributed by atoms with E-state index in [1.165, 1.54) is 0 Å². The standard InChI is InChI=1S/C18H17F4NO3S/c1-2-3-4-12-5-8-14(9-6-12)23-17(24)13-7-10-15(19)16(11-13)27(25,26)18(20,21)22/h5-11H,2-4H2,1H3,(H,23,24). The number of amides is 1. The molecule has 1 N–H and O–H groups in total. The first kappa shape index (κ1) is 20.9. The summed E-state index contributed by atoms with van der Waals surface area (Å²) in [6.45, 7) is 2.06. The molecule has 0 fully saturated rings. The van der Waals surface area contributed by atoms with E-state index in [0.29, 0.717) is 17.8 Å². The average Bonchev–Trinajstić information content (AvgIpc) is 2.60. The zero-order valence-corrected chi connectivity index (χ0v) is 15.1. The van der Waals surface area contributed by atoms with Crippen LogP contribution in [0.3, 0.4) is 0 Å². The lowest BCUT2D eigenvalue weighted by Gasteiger charge is -2.11. The third-order valence-corrected chi connectivity index (χ3v) is 5.32. The van der Waals surface area contributed by atoms with Gasteiger partial charge in [0, 0.05) is 11.3 Å². The molecule has 0 aromatic heterocycles. The number of sulfone groups is 1.